The SMILES string of the molecule is OC(c1ccc(F)cc1)c1cccs1. The van der Waals surface area contributed by atoms with E-state index in [1.807, 2.05) is 17.5 Å². The van der Waals surface area contributed by atoms with Crippen LogP contribution in [-0.2, 0) is 0 Å². The van der Waals surface area contributed by atoms with Gasteiger partial charge in [-0.1, -0.05) is 18.2 Å². The van der Waals surface area contributed by atoms with Gasteiger partial charge in [-0.05, 0) is 29.1 Å². The molecule has 1 N–H and O–H groups in total. The first-order valence-corrected chi connectivity index (χ1v) is 5.12. The molecule has 0 saturated carbocycles. The lowest BCUT2D eigenvalue weighted by Crippen LogP contribution is -1.96. The molecular formula is C11H9FOS. The van der Waals surface area contributed by atoms with E-state index < -0.39 is 6.10 Å². The van der Waals surface area contributed by atoms with E-state index in [-0.39, 0.29) is 5.82 Å². The normalized spacial score (nSPS) is 12.7. The van der Waals surface area contributed by atoms with Crippen molar-refractivity contribution in [3.8, 4) is 0 Å². The van der Waals surface area contributed by atoms with E-state index >= 15 is 0 Å². The molecule has 0 aliphatic heterocycles. The summed E-state index contributed by atoms with van der Waals surface area (Å²) in [6, 6.07) is 9.64. The fourth-order valence-corrected chi connectivity index (χ4v) is 1.99. The molecule has 1 atom stereocenters. The van der Waals surface area contributed by atoms with E-state index in [1.165, 1.54) is 23.5 Å². The van der Waals surface area contributed by atoms with Crippen LogP contribution in [0.4, 0.5) is 4.39 Å². The average molecular weight is 208 g/mol. The summed E-state index contributed by atoms with van der Waals surface area (Å²) in [7, 11) is 0. The molecule has 0 spiro atoms. The van der Waals surface area contributed by atoms with Crippen molar-refractivity contribution in [2.75, 3.05) is 0 Å². The summed E-state index contributed by atoms with van der Waals surface area (Å²) < 4.78 is 12.6. The molecule has 14 heavy (non-hydrogen) atoms. The number of rotatable bonds is 2. The van der Waals surface area contributed by atoms with Gasteiger partial charge >= 0.3 is 0 Å². The molecule has 0 saturated heterocycles. The summed E-state index contributed by atoms with van der Waals surface area (Å²) in [4.78, 5) is 0.872. The van der Waals surface area contributed by atoms with Crippen molar-refractivity contribution < 1.29 is 9.50 Å². The zero-order valence-corrected chi connectivity index (χ0v) is 8.17. The van der Waals surface area contributed by atoms with Crippen LogP contribution in [-0.4, -0.2) is 5.11 Å². The lowest BCUT2D eigenvalue weighted by atomic mass is 10.1. The Kier molecular flexibility index (Phi) is 2.61. The lowest BCUT2D eigenvalue weighted by molar-refractivity contribution is 0.224. The molecule has 3 heteroatoms. The molecule has 1 nitrogen and oxygen atoms in total. The summed E-state index contributed by atoms with van der Waals surface area (Å²) in [5, 5.41) is 11.8. The molecular weight excluding hydrogens is 199 g/mol. The zero-order chi connectivity index (χ0) is 9.97. The number of hydrogen-bond donors (Lipinski definition) is 1. The van der Waals surface area contributed by atoms with Crippen LogP contribution >= 0.6 is 11.3 Å². The number of halogens is 1. The largest absolute Gasteiger partial charge is 0.383 e. The minimum atomic E-state index is -0.643. The predicted molar refractivity (Wildman–Crippen MR) is 54.8 cm³/mol. The quantitative estimate of drug-likeness (QED) is 0.804. The standard InChI is InChI=1S/C11H9FOS/c12-9-5-3-8(4-6-9)11(13)10-2-1-7-14-10/h1-7,11,13H. The molecule has 0 fully saturated rings. The van der Waals surface area contributed by atoms with E-state index in [4.69, 9.17) is 0 Å². The second kappa shape index (κ2) is 3.90. The third kappa shape index (κ3) is 1.84. The van der Waals surface area contributed by atoms with Crippen LogP contribution in [0.3, 0.4) is 0 Å². The Bertz CT molecular complexity index is 394. The number of hydrogen-bond acceptors (Lipinski definition) is 2. The molecule has 2 aromatic rings. The van der Waals surface area contributed by atoms with E-state index in [0.717, 1.165) is 4.88 Å². The van der Waals surface area contributed by atoms with Crippen LogP contribution in [0.15, 0.2) is 41.8 Å². The van der Waals surface area contributed by atoms with Crippen molar-refractivity contribution in [3.63, 3.8) is 0 Å². The molecule has 0 bridgehead atoms. The first-order chi connectivity index (χ1) is 6.77. The fraction of sp³-hybridized carbons (Fsp3) is 0.0909. The maximum atomic E-state index is 12.6. The van der Waals surface area contributed by atoms with Gasteiger partial charge in [0.2, 0.25) is 0 Å². The average Bonchev–Trinajstić information content (AvgIpc) is 2.71. The second-order valence-corrected chi connectivity index (χ2v) is 3.95. The van der Waals surface area contributed by atoms with Gasteiger partial charge in [0, 0.05) is 4.88 Å². The fourth-order valence-electron chi connectivity index (χ4n) is 1.26. The van der Waals surface area contributed by atoms with E-state index in [2.05, 4.69) is 0 Å². The van der Waals surface area contributed by atoms with Gasteiger partial charge in [-0.15, -0.1) is 11.3 Å². The van der Waals surface area contributed by atoms with Crippen LogP contribution in [0.2, 0.25) is 0 Å². The smallest absolute Gasteiger partial charge is 0.123 e. The van der Waals surface area contributed by atoms with Crippen LogP contribution in [0.1, 0.15) is 16.5 Å². The van der Waals surface area contributed by atoms with E-state index in [9.17, 15) is 9.50 Å². The molecule has 0 aliphatic rings. The summed E-state index contributed by atoms with van der Waals surface area (Å²) in [6.07, 6.45) is -0.643. The number of thiophene rings is 1. The summed E-state index contributed by atoms with van der Waals surface area (Å²) >= 11 is 1.49. The van der Waals surface area contributed by atoms with Crippen molar-refractivity contribution >= 4 is 11.3 Å². The Hall–Kier alpha value is -1.19. The molecule has 72 valence electrons. The first kappa shape index (κ1) is 9.37. The van der Waals surface area contributed by atoms with E-state index in [0.29, 0.717) is 5.56 Å². The molecule has 0 amide bonds. The Morgan fingerprint density at radius 2 is 1.86 bits per heavy atom. The molecule has 1 aromatic carbocycles. The van der Waals surface area contributed by atoms with Crippen LogP contribution in [0.5, 0.6) is 0 Å². The Labute approximate surface area is 85.5 Å². The minimum absolute atomic E-state index is 0.285. The Morgan fingerprint density at radius 3 is 2.43 bits per heavy atom. The summed E-state index contributed by atoms with van der Waals surface area (Å²) in [5.74, 6) is -0.285. The molecule has 1 aromatic heterocycles. The predicted octanol–water partition coefficient (Wildman–Crippen LogP) is 2.97. The zero-order valence-electron chi connectivity index (χ0n) is 7.35. The van der Waals surface area contributed by atoms with Crippen LogP contribution in [0.25, 0.3) is 0 Å². The third-order valence-electron chi connectivity index (χ3n) is 2.00. The molecule has 1 unspecified atom stereocenters. The highest BCUT2D eigenvalue weighted by atomic mass is 32.1. The monoisotopic (exact) mass is 208 g/mol. The van der Waals surface area contributed by atoms with Crippen molar-refractivity contribution in [1.29, 1.82) is 0 Å². The second-order valence-electron chi connectivity index (χ2n) is 2.97. The highest BCUT2D eigenvalue weighted by Gasteiger charge is 2.10. The minimum Gasteiger partial charge on any atom is -0.383 e. The van der Waals surface area contributed by atoms with Crippen molar-refractivity contribution in [3.05, 3.63) is 58.0 Å². The maximum Gasteiger partial charge on any atom is 0.123 e. The Morgan fingerprint density at radius 1 is 1.14 bits per heavy atom. The van der Waals surface area contributed by atoms with Gasteiger partial charge < -0.3 is 5.11 Å². The lowest BCUT2D eigenvalue weighted by Gasteiger charge is -2.07. The van der Waals surface area contributed by atoms with Gasteiger partial charge in [-0.25, -0.2) is 4.39 Å². The summed E-state index contributed by atoms with van der Waals surface area (Å²) in [5.41, 5.74) is 0.717. The topological polar surface area (TPSA) is 20.2 Å². The maximum absolute atomic E-state index is 12.6. The highest BCUT2D eigenvalue weighted by molar-refractivity contribution is 7.10. The highest BCUT2D eigenvalue weighted by Crippen LogP contribution is 2.25. The first-order valence-electron chi connectivity index (χ1n) is 4.24. The third-order valence-corrected chi connectivity index (χ3v) is 2.92. The summed E-state index contributed by atoms with van der Waals surface area (Å²) in [6.45, 7) is 0. The van der Waals surface area contributed by atoms with Crippen molar-refractivity contribution in [2.24, 2.45) is 0 Å². The number of aliphatic hydroxyl groups excluding tert-OH is 1. The van der Waals surface area contributed by atoms with Gasteiger partial charge in [0.05, 0.1) is 0 Å². The number of aliphatic hydroxyl groups is 1. The molecule has 2 rings (SSSR count). The van der Waals surface area contributed by atoms with Crippen LogP contribution < -0.4 is 0 Å². The van der Waals surface area contributed by atoms with Crippen molar-refractivity contribution in [1.82, 2.24) is 0 Å². The van der Waals surface area contributed by atoms with Gasteiger partial charge in [0.1, 0.15) is 11.9 Å². The molecule has 0 radical (unpaired) electrons. The van der Waals surface area contributed by atoms with Crippen LogP contribution in [0, 0.1) is 5.82 Å². The van der Waals surface area contributed by atoms with Crippen molar-refractivity contribution in [2.45, 2.75) is 6.10 Å². The van der Waals surface area contributed by atoms with E-state index in [1.54, 1.807) is 12.1 Å². The van der Waals surface area contributed by atoms with Gasteiger partial charge in [-0.3, -0.25) is 0 Å². The molecule has 1 heterocycles. The number of benzene rings is 1. The van der Waals surface area contributed by atoms with Gasteiger partial charge in [0.25, 0.3) is 0 Å². The Balaban J connectivity index is 2.28. The van der Waals surface area contributed by atoms with Gasteiger partial charge in [0.15, 0.2) is 0 Å². The molecule has 0 aliphatic carbocycles. The van der Waals surface area contributed by atoms with Gasteiger partial charge in [-0.2, -0.15) is 0 Å².